The maximum absolute atomic E-state index is 9.76. The molecule has 74 heavy (non-hydrogen) atoms. The van der Waals surface area contributed by atoms with Crippen LogP contribution in [-0.2, 0) is 19.5 Å². The number of fused-ring (bicyclic) bond motifs is 8. The number of aryl methyl sites for hydroxylation is 2. The summed E-state index contributed by atoms with van der Waals surface area (Å²) in [6.07, 6.45) is 12.0. The summed E-state index contributed by atoms with van der Waals surface area (Å²) in [5.41, 5.74) is 19.7. The molecule has 0 saturated heterocycles. The summed E-state index contributed by atoms with van der Waals surface area (Å²) in [5.74, 6) is 0. The fraction of sp³-hybridized carbons (Fsp3) is 0.0968. The number of benzene rings is 5. The number of halogens is 4. The molecule has 12 heteroatoms. The third kappa shape index (κ3) is 11.8. The molecule has 0 fully saturated rings. The molecule has 5 aromatic carbocycles. The van der Waals surface area contributed by atoms with E-state index in [2.05, 4.69) is 26.0 Å². The number of aliphatic imine (C=N–C) groups is 1. The Morgan fingerprint density at radius 3 is 1.00 bits per heavy atom. The van der Waals surface area contributed by atoms with Crippen LogP contribution in [0.4, 0.5) is 5.69 Å². The second-order valence-corrected chi connectivity index (χ2v) is 19.2. The molecule has 3 aliphatic rings. The van der Waals surface area contributed by atoms with E-state index >= 15 is 0 Å². The average Bonchev–Trinajstić information content (AvgIpc) is 4.24. The molecule has 367 valence electrons. The van der Waals surface area contributed by atoms with E-state index in [1.165, 1.54) is 11.1 Å². The predicted molar refractivity (Wildman–Crippen MR) is 310 cm³/mol. The van der Waals surface area contributed by atoms with Gasteiger partial charge < -0.3 is 20.5 Å². The fourth-order valence-electron chi connectivity index (χ4n) is 8.85. The van der Waals surface area contributed by atoms with Gasteiger partial charge in [0.25, 0.3) is 0 Å². The smallest absolute Gasteiger partial charge is 0.804 e. The van der Waals surface area contributed by atoms with Gasteiger partial charge in [0, 0.05) is 26.7 Å². The molecule has 5 heterocycles. The zero-order valence-electron chi connectivity index (χ0n) is 40.9. The largest absolute Gasteiger partial charge is 3.00 e. The van der Waals surface area contributed by atoms with Gasteiger partial charge >= 0.3 is 19.5 Å². The number of para-hydroxylation sites is 1. The van der Waals surface area contributed by atoms with E-state index in [4.69, 9.17) is 76.4 Å². The number of hydrogen-bond donors (Lipinski definition) is 1. The topological polar surface area (TPSA) is 109 Å². The molecule has 3 aromatic heterocycles. The van der Waals surface area contributed by atoms with Crippen molar-refractivity contribution in [2.24, 2.45) is 4.99 Å². The molecule has 8 bridgehead atoms. The van der Waals surface area contributed by atoms with Gasteiger partial charge in [0.15, 0.2) is 0 Å². The number of allylic oxidation sites excluding steroid dienone is 4. The molecule has 8 aromatic rings. The minimum absolute atomic E-state index is 0. The van der Waals surface area contributed by atoms with Crippen LogP contribution in [0.5, 0.6) is 0 Å². The van der Waals surface area contributed by atoms with Crippen LogP contribution in [0, 0.1) is 13.8 Å². The first kappa shape index (κ1) is 53.6. The first-order chi connectivity index (χ1) is 35.3. The molecule has 11 rings (SSSR count). The van der Waals surface area contributed by atoms with E-state index in [1.54, 1.807) is 6.92 Å². The van der Waals surface area contributed by atoms with Gasteiger partial charge in [0.05, 0.1) is 34.2 Å². The number of aliphatic hydroxyl groups is 1. The third-order valence-corrected chi connectivity index (χ3v) is 13.3. The van der Waals surface area contributed by atoms with Crippen molar-refractivity contribution in [3.8, 4) is 44.5 Å². The molecule has 0 amide bonds. The molecule has 0 saturated carbocycles. The Balaban J connectivity index is 0.000000279. The van der Waals surface area contributed by atoms with E-state index in [0.29, 0.717) is 25.8 Å². The van der Waals surface area contributed by atoms with Gasteiger partial charge in [-0.2, -0.15) is 5.71 Å². The van der Waals surface area contributed by atoms with Gasteiger partial charge in [-0.1, -0.05) is 149 Å². The Hall–Kier alpha value is -6.74. The van der Waals surface area contributed by atoms with Crippen LogP contribution in [0.3, 0.4) is 0 Å². The molecule has 2 aliphatic heterocycles. The van der Waals surface area contributed by atoms with Crippen LogP contribution in [-0.4, -0.2) is 33.1 Å². The minimum Gasteiger partial charge on any atom is -0.804 e. The van der Waals surface area contributed by atoms with Crippen molar-refractivity contribution in [1.29, 1.82) is 0 Å². The Labute approximate surface area is 464 Å². The summed E-state index contributed by atoms with van der Waals surface area (Å²) in [6.45, 7) is 9.84. The number of rotatable bonds is 5. The van der Waals surface area contributed by atoms with Gasteiger partial charge in [0.2, 0.25) is 0 Å². The van der Waals surface area contributed by atoms with Crippen molar-refractivity contribution in [2.45, 2.75) is 34.6 Å². The van der Waals surface area contributed by atoms with Crippen molar-refractivity contribution >= 4 is 110 Å². The van der Waals surface area contributed by atoms with Gasteiger partial charge in [-0.05, 0) is 175 Å². The Morgan fingerprint density at radius 2 is 0.730 bits per heavy atom. The van der Waals surface area contributed by atoms with Gasteiger partial charge in [-0.3, -0.25) is 0 Å². The number of nitrogens with zero attached hydrogens (tertiary/aromatic N) is 6. The Bertz CT molecular complexity index is 3340. The van der Waals surface area contributed by atoms with Crippen LogP contribution in [0.25, 0.3) is 96.3 Å². The van der Waals surface area contributed by atoms with E-state index in [1.807, 2.05) is 178 Å². The van der Waals surface area contributed by atoms with Crippen molar-refractivity contribution in [1.82, 2.24) is 19.9 Å². The molecule has 0 atom stereocenters. The van der Waals surface area contributed by atoms with Crippen molar-refractivity contribution in [2.75, 3.05) is 6.61 Å². The molecule has 1 aliphatic carbocycles. The van der Waals surface area contributed by atoms with Crippen molar-refractivity contribution in [3.05, 3.63) is 222 Å². The molecule has 1 N–H and O–H groups in total. The summed E-state index contributed by atoms with van der Waals surface area (Å²) < 4.78 is 0. The number of aliphatic hydroxyl groups excluding tert-OH is 1. The molecule has 0 unspecified atom stereocenters. The minimum atomic E-state index is 0. The van der Waals surface area contributed by atoms with E-state index in [9.17, 15) is 5.41 Å². The van der Waals surface area contributed by atoms with Gasteiger partial charge in [-0.15, -0.1) is 22.1 Å². The SMILES string of the molecule is CC1=CC(=Nc2c(C)cccc2C)C=C(C)C1=[N-].CCO.Clc1ccc(-c2c3nc(c(-c4ccc(Cl)cc4)c4ccc([n-]4)c(-c4ccc(Cl)cc4)c4nc(c(-c5ccc(Cl)cc5)c5ccc2[n-]5)C=C4)C=C3)cc1.[Ru+3]. The maximum atomic E-state index is 9.76. The van der Waals surface area contributed by atoms with E-state index < -0.39 is 0 Å². The van der Waals surface area contributed by atoms with Crippen LogP contribution < -0.4 is 9.97 Å². The molecule has 1 radical (unpaired) electrons. The molecule has 0 spiro atoms. The van der Waals surface area contributed by atoms with Crippen LogP contribution in [0.1, 0.15) is 54.7 Å². The normalized spacial score (nSPS) is 12.5. The average molecular weight is 1130 g/mol. The predicted octanol–water partition coefficient (Wildman–Crippen LogP) is 17.5. The summed E-state index contributed by atoms with van der Waals surface area (Å²) in [5, 5.41) is 19.9. The van der Waals surface area contributed by atoms with Crippen LogP contribution in [0.2, 0.25) is 20.1 Å². The fourth-order valence-corrected chi connectivity index (χ4v) is 9.35. The number of hydrogen-bond acceptors (Lipinski definition) is 4. The first-order valence-corrected chi connectivity index (χ1v) is 25.1. The van der Waals surface area contributed by atoms with Crippen molar-refractivity contribution in [3.63, 3.8) is 0 Å². The van der Waals surface area contributed by atoms with Crippen LogP contribution >= 0.6 is 46.4 Å². The molecular formula is C62H47Cl4N6ORu. The zero-order valence-corrected chi connectivity index (χ0v) is 45.7. The second kappa shape index (κ2) is 23.6. The third-order valence-electron chi connectivity index (χ3n) is 12.3. The summed E-state index contributed by atoms with van der Waals surface area (Å²) in [6, 6.07) is 45.3. The first-order valence-electron chi connectivity index (χ1n) is 23.6. The monoisotopic (exact) mass is 1130 g/mol. The second-order valence-electron chi connectivity index (χ2n) is 17.5. The molecular weight excluding hydrogens is 1090 g/mol. The maximum Gasteiger partial charge on any atom is 3.00 e. The van der Waals surface area contributed by atoms with E-state index in [0.717, 1.165) is 112 Å². The molecule has 7 nitrogen and oxygen atoms in total. The summed E-state index contributed by atoms with van der Waals surface area (Å²) >= 11 is 25.4. The summed E-state index contributed by atoms with van der Waals surface area (Å²) in [7, 11) is 0. The summed E-state index contributed by atoms with van der Waals surface area (Å²) in [4.78, 5) is 25.8. The van der Waals surface area contributed by atoms with E-state index in [-0.39, 0.29) is 26.1 Å². The van der Waals surface area contributed by atoms with Gasteiger partial charge in [-0.25, -0.2) is 15.0 Å². The Morgan fingerprint density at radius 1 is 0.459 bits per heavy atom. The van der Waals surface area contributed by atoms with Gasteiger partial charge in [0.1, 0.15) is 0 Å². The van der Waals surface area contributed by atoms with Crippen LogP contribution in [0.15, 0.2) is 168 Å². The standard InChI is InChI=1S/C44H24Cl4N4.C16H17N2.C2H6O.Ru/c45-29-9-1-25(2-10-29)41-33-17-19-35(49-33)42(26-3-11-30(46)12-4-26)37-21-23-39(51-37)44(28-7-15-32(48)16-8-28)40-24-22-38(52-40)43(36-20-18-34(41)50-36)27-5-13-31(47)14-6-27;1-10-6-5-7-11(2)16(10)18-14-8-12(3)15(17)13(4)9-14;1-2-3;/h1-24H;5-9H,1-4H3;3H,2H2,1H3;/q-2;-1;;+3. The quantitative estimate of drug-likeness (QED) is 0.136. The zero-order chi connectivity index (χ0) is 51.3. The van der Waals surface area contributed by atoms with Crippen molar-refractivity contribution < 1.29 is 24.6 Å². The number of aromatic nitrogens is 4. The Kier molecular flexibility index (Phi) is 17.1.